The van der Waals surface area contributed by atoms with Crippen LogP contribution >= 0.6 is 39.0 Å². The summed E-state index contributed by atoms with van der Waals surface area (Å²) in [5.74, 6) is -2.37. The third-order valence-electron chi connectivity index (χ3n) is 7.59. The summed E-state index contributed by atoms with van der Waals surface area (Å²) in [6.07, 6.45) is 0. The molecular weight excluding hydrogens is 682 g/mol. The number of benzene rings is 3. The molecule has 3 heterocycles. The highest BCUT2D eigenvalue weighted by Crippen LogP contribution is 2.54. The average molecular weight is 709 g/mol. The number of rotatable bonds is 8. The number of thiazole rings is 1. The fourth-order valence-electron chi connectivity index (χ4n) is 5.52. The Morgan fingerprint density at radius 1 is 0.933 bits per heavy atom. The van der Waals surface area contributed by atoms with Crippen molar-refractivity contribution < 1.29 is 28.7 Å². The standard InChI is InChI=1S/C32H26BrN3O7S2/c1-3-43-31(40)18-4-10-20(11-5-18)34-23(37)16-35-30-27(45-32(35)41)24(17-6-14-22(42-2)15-7-17)25-26(44-30)29(39)36(28(25)38)21-12-8-19(33)9-13-21/h4-15,24-26H,3,16H2,1-2H3,(H,34,37). The number of esters is 1. The van der Waals surface area contributed by atoms with Gasteiger partial charge in [0.15, 0.2) is 0 Å². The quantitative estimate of drug-likeness (QED) is 0.194. The predicted octanol–water partition coefficient (Wildman–Crippen LogP) is 5.29. The summed E-state index contributed by atoms with van der Waals surface area (Å²) in [7, 11) is 1.56. The average Bonchev–Trinajstić information content (AvgIpc) is 3.48. The third kappa shape index (κ3) is 5.83. The first-order valence-electron chi connectivity index (χ1n) is 13.9. The lowest BCUT2D eigenvalue weighted by Gasteiger charge is -2.30. The van der Waals surface area contributed by atoms with E-state index in [4.69, 9.17) is 9.47 Å². The van der Waals surface area contributed by atoms with Crippen LogP contribution < -0.4 is 19.8 Å². The number of imide groups is 1. The second kappa shape index (κ2) is 12.7. The maximum atomic E-state index is 14.0. The molecule has 0 bridgehead atoms. The van der Waals surface area contributed by atoms with E-state index < -0.39 is 29.0 Å². The molecule has 4 aromatic rings. The zero-order valence-corrected chi connectivity index (χ0v) is 27.2. The van der Waals surface area contributed by atoms with Gasteiger partial charge in [-0.05, 0) is 73.2 Å². The van der Waals surface area contributed by atoms with Crippen molar-refractivity contribution in [3.63, 3.8) is 0 Å². The Morgan fingerprint density at radius 3 is 2.27 bits per heavy atom. The lowest BCUT2D eigenvalue weighted by atomic mass is 9.83. The first-order valence-corrected chi connectivity index (χ1v) is 16.4. The number of hydrogen-bond donors (Lipinski definition) is 1. The zero-order chi connectivity index (χ0) is 31.8. The van der Waals surface area contributed by atoms with Gasteiger partial charge >= 0.3 is 10.8 Å². The number of halogens is 1. The van der Waals surface area contributed by atoms with E-state index in [1.807, 2.05) is 12.1 Å². The summed E-state index contributed by atoms with van der Waals surface area (Å²) in [6, 6.07) is 20.4. The Hall–Kier alpha value is -4.20. The number of nitrogens with one attached hydrogen (secondary N) is 1. The molecular formula is C32H26BrN3O7S2. The summed E-state index contributed by atoms with van der Waals surface area (Å²) in [5, 5.41) is 2.44. The number of carbonyl (C=O) groups excluding carboxylic acids is 4. The molecule has 3 unspecified atom stereocenters. The van der Waals surface area contributed by atoms with Gasteiger partial charge in [0.25, 0.3) is 0 Å². The molecule has 6 rings (SSSR count). The number of carbonyl (C=O) groups is 4. The molecule has 0 radical (unpaired) electrons. The molecule has 1 saturated heterocycles. The lowest BCUT2D eigenvalue weighted by molar-refractivity contribution is -0.122. The largest absolute Gasteiger partial charge is 0.497 e. The van der Waals surface area contributed by atoms with Crippen LogP contribution in [0.25, 0.3) is 0 Å². The van der Waals surface area contributed by atoms with Crippen LogP contribution in [0.2, 0.25) is 0 Å². The molecule has 3 aromatic carbocycles. The molecule has 3 amide bonds. The smallest absolute Gasteiger partial charge is 0.338 e. The molecule has 1 fully saturated rings. The summed E-state index contributed by atoms with van der Waals surface area (Å²) in [5.41, 5.74) is 2.01. The van der Waals surface area contributed by atoms with E-state index in [-0.39, 0.29) is 29.8 Å². The van der Waals surface area contributed by atoms with Crippen molar-refractivity contribution in [2.45, 2.75) is 29.7 Å². The van der Waals surface area contributed by atoms with Gasteiger partial charge in [-0.1, -0.05) is 51.2 Å². The summed E-state index contributed by atoms with van der Waals surface area (Å²) < 4.78 is 12.5. The number of aromatic nitrogens is 1. The monoisotopic (exact) mass is 707 g/mol. The molecule has 2 aliphatic rings. The first-order chi connectivity index (χ1) is 21.7. The fraction of sp³-hybridized carbons (Fsp3) is 0.219. The van der Waals surface area contributed by atoms with Crippen LogP contribution in [0.3, 0.4) is 0 Å². The van der Waals surface area contributed by atoms with Crippen molar-refractivity contribution in [2.75, 3.05) is 23.9 Å². The number of fused-ring (bicyclic) bond motifs is 2. The van der Waals surface area contributed by atoms with Gasteiger partial charge in [0.1, 0.15) is 17.5 Å². The molecule has 3 atom stereocenters. The molecule has 13 heteroatoms. The van der Waals surface area contributed by atoms with E-state index in [1.54, 1.807) is 74.7 Å². The lowest BCUT2D eigenvalue weighted by Crippen LogP contribution is -2.33. The number of ether oxygens (including phenoxy) is 2. The molecule has 45 heavy (non-hydrogen) atoms. The van der Waals surface area contributed by atoms with Crippen LogP contribution in [0.5, 0.6) is 5.75 Å². The maximum Gasteiger partial charge on any atom is 0.338 e. The van der Waals surface area contributed by atoms with Crippen LogP contribution in [0, 0.1) is 5.92 Å². The topological polar surface area (TPSA) is 124 Å². The van der Waals surface area contributed by atoms with Crippen molar-refractivity contribution >= 4 is 74.1 Å². The van der Waals surface area contributed by atoms with Gasteiger partial charge in [0.05, 0.1) is 35.9 Å². The molecule has 0 aliphatic carbocycles. The van der Waals surface area contributed by atoms with Crippen LogP contribution in [0.4, 0.5) is 11.4 Å². The van der Waals surface area contributed by atoms with Crippen LogP contribution in [0.1, 0.15) is 33.6 Å². The minimum absolute atomic E-state index is 0.248. The van der Waals surface area contributed by atoms with E-state index in [9.17, 15) is 24.0 Å². The van der Waals surface area contributed by atoms with Crippen LogP contribution in [-0.2, 0) is 25.7 Å². The molecule has 10 nitrogen and oxygen atoms in total. The number of thioether (sulfide) groups is 1. The van der Waals surface area contributed by atoms with E-state index in [1.165, 1.54) is 9.47 Å². The number of amides is 3. The highest BCUT2D eigenvalue weighted by molar-refractivity contribution is 9.10. The van der Waals surface area contributed by atoms with Gasteiger partial charge in [0, 0.05) is 21.0 Å². The highest BCUT2D eigenvalue weighted by atomic mass is 79.9. The SMILES string of the molecule is CCOC(=O)c1ccc(NC(=O)Cn2c3c(sc2=O)C(c2ccc(OC)cc2)C2C(=O)N(c4ccc(Br)cc4)C(=O)C2S3)cc1. The Kier molecular flexibility index (Phi) is 8.67. The second-order valence-corrected chi connectivity index (χ2v) is 13.3. The van der Waals surface area contributed by atoms with Crippen molar-refractivity contribution in [3.05, 3.63) is 103 Å². The Labute approximate surface area is 274 Å². The normalized spacial score (nSPS) is 18.7. The Bertz CT molecular complexity index is 1850. The summed E-state index contributed by atoms with van der Waals surface area (Å²) in [4.78, 5) is 67.9. The number of hydrogen-bond acceptors (Lipinski definition) is 9. The van der Waals surface area contributed by atoms with E-state index in [0.717, 1.165) is 33.1 Å². The Morgan fingerprint density at radius 2 is 1.62 bits per heavy atom. The Balaban J connectivity index is 1.34. The van der Waals surface area contributed by atoms with Gasteiger partial charge in [-0.15, -0.1) is 0 Å². The summed E-state index contributed by atoms with van der Waals surface area (Å²) in [6.45, 7) is 1.66. The number of methoxy groups -OCH3 is 1. The number of anilines is 2. The van der Waals surface area contributed by atoms with Gasteiger partial charge in [-0.3, -0.25) is 23.7 Å². The number of nitrogens with zero attached hydrogens (tertiary/aromatic N) is 2. The van der Waals surface area contributed by atoms with Crippen molar-refractivity contribution in [1.82, 2.24) is 4.57 Å². The van der Waals surface area contributed by atoms with Gasteiger partial charge in [0.2, 0.25) is 17.7 Å². The minimum Gasteiger partial charge on any atom is -0.497 e. The van der Waals surface area contributed by atoms with E-state index in [2.05, 4.69) is 21.2 Å². The zero-order valence-electron chi connectivity index (χ0n) is 24.0. The van der Waals surface area contributed by atoms with Crippen LogP contribution in [0.15, 0.2) is 87.1 Å². The van der Waals surface area contributed by atoms with Crippen LogP contribution in [-0.4, -0.2) is 47.2 Å². The second-order valence-electron chi connectivity index (χ2n) is 10.3. The molecule has 0 spiro atoms. The predicted molar refractivity (Wildman–Crippen MR) is 174 cm³/mol. The molecule has 1 N–H and O–H groups in total. The maximum absolute atomic E-state index is 14.0. The molecule has 2 aliphatic heterocycles. The van der Waals surface area contributed by atoms with Crippen molar-refractivity contribution in [2.24, 2.45) is 5.92 Å². The van der Waals surface area contributed by atoms with Gasteiger partial charge in [-0.2, -0.15) is 0 Å². The molecule has 230 valence electrons. The minimum atomic E-state index is -0.806. The van der Waals surface area contributed by atoms with Crippen molar-refractivity contribution in [3.8, 4) is 5.75 Å². The fourth-order valence-corrected chi connectivity index (χ4v) is 8.56. The first kappa shape index (κ1) is 30.8. The molecule has 0 saturated carbocycles. The molecule has 1 aromatic heterocycles. The van der Waals surface area contributed by atoms with E-state index in [0.29, 0.717) is 32.6 Å². The van der Waals surface area contributed by atoms with Crippen molar-refractivity contribution in [1.29, 1.82) is 0 Å². The van der Waals surface area contributed by atoms with Gasteiger partial charge in [-0.25, -0.2) is 9.69 Å². The van der Waals surface area contributed by atoms with Gasteiger partial charge < -0.3 is 14.8 Å². The highest BCUT2D eigenvalue weighted by Gasteiger charge is 2.56. The summed E-state index contributed by atoms with van der Waals surface area (Å²) >= 11 is 5.52. The third-order valence-corrected chi connectivity index (χ3v) is 10.7. The van der Waals surface area contributed by atoms with E-state index >= 15 is 0 Å².